The van der Waals surface area contributed by atoms with Crippen LogP contribution in [-0.4, -0.2) is 29.8 Å². The summed E-state index contributed by atoms with van der Waals surface area (Å²) in [5, 5.41) is 6.19. The Morgan fingerprint density at radius 3 is 2.95 bits per heavy atom. The highest BCUT2D eigenvalue weighted by atomic mass is 16.2. The number of carbonyl (C=O) groups is 2. The molecule has 0 saturated carbocycles. The molecule has 3 rings (SSSR count). The molecule has 0 bridgehead atoms. The number of rotatable bonds is 4. The second-order valence-corrected chi connectivity index (χ2v) is 5.40. The molecule has 0 unspecified atom stereocenters. The standard InChI is InChI=1S/C15H19N3O2/c19-14(10-18-5-1-2-15(18)20)17-7-11-3-4-12-8-16-9-13(12)6-11/h3-4,6,16H,1-2,5,7-10H2,(H,17,19). The van der Waals surface area contributed by atoms with E-state index in [0.29, 0.717) is 19.5 Å². The van der Waals surface area contributed by atoms with E-state index in [1.54, 1.807) is 4.90 Å². The Hall–Kier alpha value is -1.88. The number of carbonyl (C=O) groups excluding carboxylic acids is 2. The van der Waals surface area contributed by atoms with E-state index in [4.69, 9.17) is 0 Å². The molecular formula is C15H19N3O2. The molecule has 0 aromatic heterocycles. The second-order valence-electron chi connectivity index (χ2n) is 5.40. The summed E-state index contributed by atoms with van der Waals surface area (Å²) in [5.41, 5.74) is 3.75. The highest BCUT2D eigenvalue weighted by Gasteiger charge is 2.22. The van der Waals surface area contributed by atoms with E-state index in [9.17, 15) is 9.59 Å². The van der Waals surface area contributed by atoms with Gasteiger partial charge in [0, 0.05) is 32.6 Å². The largest absolute Gasteiger partial charge is 0.350 e. The fourth-order valence-corrected chi connectivity index (χ4v) is 2.76. The average molecular weight is 273 g/mol. The van der Waals surface area contributed by atoms with E-state index < -0.39 is 0 Å². The molecule has 2 aliphatic heterocycles. The third-order valence-electron chi connectivity index (χ3n) is 3.90. The maximum atomic E-state index is 11.8. The smallest absolute Gasteiger partial charge is 0.239 e. The zero-order chi connectivity index (χ0) is 13.9. The second kappa shape index (κ2) is 5.63. The summed E-state index contributed by atoms with van der Waals surface area (Å²) in [4.78, 5) is 24.9. The number of hydrogen-bond donors (Lipinski definition) is 2. The van der Waals surface area contributed by atoms with E-state index in [1.165, 1.54) is 11.1 Å². The van der Waals surface area contributed by atoms with Crippen LogP contribution in [0.15, 0.2) is 18.2 Å². The molecule has 2 aliphatic rings. The summed E-state index contributed by atoms with van der Waals surface area (Å²) >= 11 is 0. The van der Waals surface area contributed by atoms with Crippen molar-refractivity contribution >= 4 is 11.8 Å². The van der Waals surface area contributed by atoms with Crippen molar-refractivity contribution in [2.75, 3.05) is 13.1 Å². The van der Waals surface area contributed by atoms with Gasteiger partial charge in [0.05, 0.1) is 6.54 Å². The SMILES string of the molecule is O=C(CN1CCCC1=O)NCc1ccc2c(c1)CNC2. The van der Waals surface area contributed by atoms with E-state index in [1.807, 2.05) is 6.07 Å². The maximum Gasteiger partial charge on any atom is 0.239 e. The minimum atomic E-state index is -0.0844. The third kappa shape index (κ3) is 2.82. The minimum Gasteiger partial charge on any atom is -0.350 e. The van der Waals surface area contributed by atoms with Crippen LogP contribution in [0.2, 0.25) is 0 Å². The van der Waals surface area contributed by atoms with Gasteiger partial charge in [-0.3, -0.25) is 9.59 Å². The van der Waals surface area contributed by atoms with Crippen molar-refractivity contribution in [3.05, 3.63) is 34.9 Å². The molecule has 20 heavy (non-hydrogen) atoms. The maximum absolute atomic E-state index is 11.8. The molecule has 2 amide bonds. The zero-order valence-electron chi connectivity index (χ0n) is 11.4. The summed E-state index contributed by atoms with van der Waals surface area (Å²) < 4.78 is 0. The summed E-state index contributed by atoms with van der Waals surface area (Å²) in [7, 11) is 0. The lowest BCUT2D eigenvalue weighted by molar-refractivity contribution is -0.133. The Bertz CT molecular complexity index is 542. The first kappa shape index (κ1) is 13.1. The molecular weight excluding hydrogens is 254 g/mol. The van der Waals surface area contributed by atoms with Crippen molar-refractivity contribution < 1.29 is 9.59 Å². The van der Waals surface area contributed by atoms with Crippen LogP contribution in [0.25, 0.3) is 0 Å². The lowest BCUT2D eigenvalue weighted by Gasteiger charge is -2.15. The predicted molar refractivity (Wildman–Crippen MR) is 74.6 cm³/mol. The van der Waals surface area contributed by atoms with Gasteiger partial charge in [0.25, 0.3) is 0 Å². The molecule has 0 aliphatic carbocycles. The lowest BCUT2D eigenvalue weighted by Crippen LogP contribution is -2.37. The van der Waals surface area contributed by atoms with Crippen molar-refractivity contribution in [2.45, 2.75) is 32.5 Å². The van der Waals surface area contributed by atoms with E-state index in [2.05, 4.69) is 22.8 Å². The highest BCUT2D eigenvalue weighted by Crippen LogP contribution is 2.17. The van der Waals surface area contributed by atoms with Gasteiger partial charge in [-0.2, -0.15) is 0 Å². The van der Waals surface area contributed by atoms with E-state index >= 15 is 0 Å². The number of amides is 2. The first-order valence-electron chi connectivity index (χ1n) is 7.08. The molecule has 0 atom stereocenters. The van der Waals surface area contributed by atoms with Gasteiger partial charge in [-0.25, -0.2) is 0 Å². The molecule has 0 radical (unpaired) electrons. The molecule has 106 valence electrons. The van der Waals surface area contributed by atoms with Gasteiger partial charge < -0.3 is 15.5 Å². The Morgan fingerprint density at radius 2 is 2.15 bits per heavy atom. The molecule has 1 aromatic carbocycles. The molecule has 2 heterocycles. The quantitative estimate of drug-likeness (QED) is 0.841. The van der Waals surface area contributed by atoms with Gasteiger partial charge in [-0.05, 0) is 23.1 Å². The Balaban J connectivity index is 1.51. The summed E-state index contributed by atoms with van der Waals surface area (Å²) in [6, 6.07) is 6.30. The van der Waals surface area contributed by atoms with E-state index in [-0.39, 0.29) is 18.4 Å². The monoisotopic (exact) mass is 273 g/mol. The topological polar surface area (TPSA) is 61.4 Å². The van der Waals surface area contributed by atoms with Gasteiger partial charge >= 0.3 is 0 Å². The summed E-state index contributed by atoms with van der Waals surface area (Å²) in [6.45, 7) is 3.24. The zero-order valence-corrected chi connectivity index (χ0v) is 11.4. The van der Waals surface area contributed by atoms with Crippen LogP contribution in [0.1, 0.15) is 29.5 Å². The molecule has 2 N–H and O–H groups in total. The molecule has 1 aromatic rings. The molecule has 5 heteroatoms. The normalized spacial score (nSPS) is 17.4. The number of benzene rings is 1. The van der Waals surface area contributed by atoms with Crippen LogP contribution >= 0.6 is 0 Å². The van der Waals surface area contributed by atoms with Gasteiger partial charge in [-0.15, -0.1) is 0 Å². The summed E-state index contributed by atoms with van der Waals surface area (Å²) in [5.74, 6) is 0.00243. The predicted octanol–water partition coefficient (Wildman–Crippen LogP) is 0.528. The fraction of sp³-hybridized carbons (Fsp3) is 0.467. The van der Waals surface area contributed by atoms with Crippen LogP contribution in [0, 0.1) is 0 Å². The van der Waals surface area contributed by atoms with Crippen LogP contribution in [0.3, 0.4) is 0 Å². The first-order chi connectivity index (χ1) is 9.72. The highest BCUT2D eigenvalue weighted by molar-refractivity contribution is 5.85. The lowest BCUT2D eigenvalue weighted by atomic mass is 10.1. The number of hydrogen-bond acceptors (Lipinski definition) is 3. The number of fused-ring (bicyclic) bond motifs is 1. The Morgan fingerprint density at radius 1 is 1.30 bits per heavy atom. The van der Waals surface area contributed by atoms with Crippen LogP contribution in [0.4, 0.5) is 0 Å². The molecule has 1 fully saturated rings. The van der Waals surface area contributed by atoms with Gasteiger partial charge in [0.1, 0.15) is 0 Å². The van der Waals surface area contributed by atoms with Crippen molar-refractivity contribution in [1.29, 1.82) is 0 Å². The molecule has 1 saturated heterocycles. The van der Waals surface area contributed by atoms with Gasteiger partial charge in [-0.1, -0.05) is 18.2 Å². The van der Waals surface area contributed by atoms with Crippen molar-refractivity contribution in [2.24, 2.45) is 0 Å². The number of likely N-dealkylation sites (tertiary alicyclic amines) is 1. The van der Waals surface area contributed by atoms with Crippen molar-refractivity contribution in [3.8, 4) is 0 Å². The van der Waals surface area contributed by atoms with Crippen molar-refractivity contribution in [1.82, 2.24) is 15.5 Å². The average Bonchev–Trinajstić information content (AvgIpc) is 3.05. The minimum absolute atomic E-state index is 0.0844. The van der Waals surface area contributed by atoms with Crippen molar-refractivity contribution in [3.63, 3.8) is 0 Å². The number of nitrogens with zero attached hydrogens (tertiary/aromatic N) is 1. The fourth-order valence-electron chi connectivity index (χ4n) is 2.76. The van der Waals surface area contributed by atoms with Crippen LogP contribution in [0.5, 0.6) is 0 Å². The van der Waals surface area contributed by atoms with Crippen LogP contribution < -0.4 is 10.6 Å². The first-order valence-corrected chi connectivity index (χ1v) is 7.08. The number of nitrogens with one attached hydrogen (secondary N) is 2. The van der Waals surface area contributed by atoms with E-state index in [0.717, 1.165) is 25.1 Å². The molecule has 0 spiro atoms. The Kier molecular flexibility index (Phi) is 3.69. The van der Waals surface area contributed by atoms with Gasteiger partial charge in [0.2, 0.25) is 11.8 Å². The van der Waals surface area contributed by atoms with Gasteiger partial charge in [0.15, 0.2) is 0 Å². The Labute approximate surface area is 118 Å². The third-order valence-corrected chi connectivity index (χ3v) is 3.90. The van der Waals surface area contributed by atoms with Crippen LogP contribution in [-0.2, 0) is 29.2 Å². The molecule has 5 nitrogen and oxygen atoms in total. The summed E-state index contributed by atoms with van der Waals surface area (Å²) in [6.07, 6.45) is 1.44.